The first kappa shape index (κ1) is 25.5. The molecule has 0 bridgehead atoms. The lowest BCUT2D eigenvalue weighted by Crippen LogP contribution is -2.60. The zero-order valence-electron chi connectivity index (χ0n) is 20.5. The molecular formula is C25H29ClN6O4. The van der Waals surface area contributed by atoms with Crippen molar-refractivity contribution in [2.24, 2.45) is 10.9 Å². The highest BCUT2D eigenvalue weighted by Gasteiger charge is 2.40. The highest BCUT2D eigenvalue weighted by Crippen LogP contribution is 2.25. The van der Waals surface area contributed by atoms with Crippen LogP contribution in [0.3, 0.4) is 0 Å². The van der Waals surface area contributed by atoms with E-state index >= 15 is 0 Å². The molecular weight excluding hydrogens is 484 g/mol. The summed E-state index contributed by atoms with van der Waals surface area (Å²) in [6, 6.07) is 11.3. The topological polar surface area (TPSA) is 123 Å². The first-order chi connectivity index (χ1) is 17.1. The van der Waals surface area contributed by atoms with E-state index in [0.717, 1.165) is 33.9 Å². The number of aliphatic hydroxyl groups excluding tert-OH is 1. The molecule has 10 nitrogen and oxygen atoms in total. The normalized spacial score (nSPS) is 17.8. The van der Waals surface area contributed by atoms with Gasteiger partial charge in [-0.05, 0) is 63.6 Å². The molecule has 0 aliphatic carbocycles. The van der Waals surface area contributed by atoms with Gasteiger partial charge in [0.2, 0.25) is 12.3 Å². The van der Waals surface area contributed by atoms with Gasteiger partial charge in [-0.3, -0.25) is 14.6 Å². The zero-order chi connectivity index (χ0) is 26.1. The van der Waals surface area contributed by atoms with Crippen LogP contribution in [0.25, 0.3) is 11.0 Å². The summed E-state index contributed by atoms with van der Waals surface area (Å²) in [7, 11) is 0. The molecule has 4 rings (SSSR count). The van der Waals surface area contributed by atoms with Crippen LogP contribution in [0.5, 0.6) is 0 Å². The second kappa shape index (κ2) is 10.2. The monoisotopic (exact) mass is 512 g/mol. The van der Waals surface area contributed by atoms with E-state index in [2.05, 4.69) is 26.8 Å². The number of hydrogen-bond donors (Lipinski definition) is 3. The van der Waals surface area contributed by atoms with Crippen molar-refractivity contribution < 1.29 is 19.8 Å². The van der Waals surface area contributed by atoms with Crippen molar-refractivity contribution >= 4 is 46.3 Å². The number of carbonyl (C=O) groups is 2. The molecule has 1 aliphatic rings. The molecule has 36 heavy (non-hydrogen) atoms. The van der Waals surface area contributed by atoms with Crippen LogP contribution in [0, 0.1) is 12.8 Å². The van der Waals surface area contributed by atoms with Crippen LogP contribution in [0.4, 0.5) is 10.5 Å². The number of amides is 2. The fourth-order valence-electron chi connectivity index (χ4n) is 4.27. The number of carboxylic acids is 1. The van der Waals surface area contributed by atoms with E-state index in [4.69, 9.17) is 11.6 Å². The first-order valence-electron chi connectivity index (χ1n) is 11.7. The number of nitrogens with zero attached hydrogens (tertiary/aromatic N) is 5. The van der Waals surface area contributed by atoms with Crippen molar-refractivity contribution in [2.75, 3.05) is 5.32 Å². The average Bonchev–Trinajstić information content (AvgIpc) is 3.15. The number of aliphatic imine (C=N–C) groups is 1. The number of aliphatic carboxylic acids is 1. The van der Waals surface area contributed by atoms with Gasteiger partial charge in [-0.15, -0.1) is 0 Å². The second-order valence-electron chi connectivity index (χ2n) is 8.80. The molecule has 0 spiro atoms. The number of carboxylic acid groups (broad SMARTS) is 1. The third-order valence-electron chi connectivity index (χ3n) is 6.51. The SMILES string of the molecule is CCn1c(C)nc2cc(NC3=NC(O)N([C@@H](C)[C@@H](C)C(=O)O)C(=O)N3Cc3ccc(Cl)cc3)ccc21. The van der Waals surface area contributed by atoms with Crippen LogP contribution in [0.15, 0.2) is 47.5 Å². The fraction of sp³-hybridized carbons (Fsp3) is 0.360. The highest BCUT2D eigenvalue weighted by atomic mass is 35.5. The number of halogens is 1. The van der Waals surface area contributed by atoms with Gasteiger partial charge in [0.25, 0.3) is 0 Å². The van der Waals surface area contributed by atoms with Crippen LogP contribution >= 0.6 is 11.6 Å². The number of urea groups is 1. The van der Waals surface area contributed by atoms with Crippen molar-refractivity contribution in [3.63, 3.8) is 0 Å². The molecule has 11 heteroatoms. The van der Waals surface area contributed by atoms with Gasteiger partial charge in [0.05, 0.1) is 23.5 Å². The Hall–Kier alpha value is -3.63. The summed E-state index contributed by atoms with van der Waals surface area (Å²) in [4.78, 5) is 36.6. The molecule has 1 aliphatic heterocycles. The summed E-state index contributed by atoms with van der Waals surface area (Å²) in [5.41, 5.74) is 3.20. The zero-order valence-corrected chi connectivity index (χ0v) is 21.3. The number of hydrogen-bond acceptors (Lipinski definition) is 6. The predicted molar refractivity (Wildman–Crippen MR) is 138 cm³/mol. The van der Waals surface area contributed by atoms with E-state index in [1.165, 1.54) is 11.8 Å². The van der Waals surface area contributed by atoms with Gasteiger partial charge in [0.15, 0.2) is 0 Å². The second-order valence-corrected chi connectivity index (χ2v) is 9.24. The van der Waals surface area contributed by atoms with Gasteiger partial charge in [0, 0.05) is 23.3 Å². The summed E-state index contributed by atoms with van der Waals surface area (Å²) >= 11 is 6.02. The Morgan fingerprint density at radius 3 is 2.53 bits per heavy atom. The average molecular weight is 513 g/mol. The summed E-state index contributed by atoms with van der Waals surface area (Å²) in [6.07, 6.45) is -1.55. The van der Waals surface area contributed by atoms with E-state index in [1.807, 2.05) is 25.1 Å². The number of aromatic nitrogens is 2. The Kier molecular flexibility index (Phi) is 7.18. The number of nitrogens with one attached hydrogen (secondary N) is 1. The molecule has 1 unspecified atom stereocenters. The van der Waals surface area contributed by atoms with Crippen LogP contribution in [0.2, 0.25) is 5.02 Å². The number of benzene rings is 2. The lowest BCUT2D eigenvalue weighted by molar-refractivity contribution is -0.144. The molecule has 3 aromatic rings. The van der Waals surface area contributed by atoms with Crippen LogP contribution in [0.1, 0.15) is 32.2 Å². The molecule has 2 aromatic carbocycles. The molecule has 3 N–H and O–H groups in total. The largest absolute Gasteiger partial charge is 0.481 e. The number of aryl methyl sites for hydroxylation is 2. The molecule has 1 aromatic heterocycles. The van der Waals surface area contributed by atoms with E-state index < -0.39 is 30.3 Å². The Bertz CT molecular complexity index is 1320. The minimum absolute atomic E-state index is 0.130. The molecule has 0 radical (unpaired) electrons. The Morgan fingerprint density at radius 2 is 1.89 bits per heavy atom. The number of aliphatic hydroxyl groups is 1. The van der Waals surface area contributed by atoms with Gasteiger partial charge < -0.3 is 20.1 Å². The number of carbonyl (C=O) groups excluding carboxylic acids is 1. The third kappa shape index (κ3) is 4.87. The van der Waals surface area contributed by atoms with Gasteiger partial charge in [0.1, 0.15) is 5.82 Å². The predicted octanol–water partition coefficient (Wildman–Crippen LogP) is 4.11. The maximum atomic E-state index is 13.6. The van der Waals surface area contributed by atoms with Gasteiger partial charge in [-0.2, -0.15) is 4.99 Å². The first-order valence-corrected chi connectivity index (χ1v) is 12.0. The van der Waals surface area contributed by atoms with Crippen molar-refractivity contribution in [3.05, 3.63) is 58.9 Å². The molecule has 190 valence electrons. The number of anilines is 1. The van der Waals surface area contributed by atoms with Crippen molar-refractivity contribution in [1.29, 1.82) is 0 Å². The van der Waals surface area contributed by atoms with E-state index in [9.17, 15) is 19.8 Å². The van der Waals surface area contributed by atoms with E-state index in [0.29, 0.717) is 10.7 Å². The minimum atomic E-state index is -1.55. The van der Waals surface area contributed by atoms with Gasteiger partial charge in [-0.1, -0.05) is 23.7 Å². The smallest absolute Gasteiger partial charge is 0.330 e. The Morgan fingerprint density at radius 1 is 1.19 bits per heavy atom. The third-order valence-corrected chi connectivity index (χ3v) is 6.76. The lowest BCUT2D eigenvalue weighted by atomic mass is 10.0. The molecule has 0 saturated carbocycles. The fourth-order valence-corrected chi connectivity index (χ4v) is 4.40. The summed E-state index contributed by atoms with van der Waals surface area (Å²) in [6.45, 7) is 7.98. The van der Waals surface area contributed by atoms with E-state index in [-0.39, 0.29) is 12.5 Å². The standard InChI is InChI=1S/C25H29ClN6O4/c1-5-30-16(4)27-20-12-19(10-11-21(20)30)28-23-29-24(35)32(15(3)14(2)22(33)34)25(36)31(23)13-17-6-8-18(26)9-7-17/h6-12,14-15,24,35H,5,13H2,1-4H3,(H,28,29)(H,33,34)/t14-,15+,24?/m1/s1. The summed E-state index contributed by atoms with van der Waals surface area (Å²) in [5, 5.41) is 23.9. The number of imidazole rings is 1. The maximum absolute atomic E-state index is 13.6. The molecule has 2 heterocycles. The number of guanidine groups is 1. The lowest BCUT2D eigenvalue weighted by Gasteiger charge is -2.41. The minimum Gasteiger partial charge on any atom is -0.481 e. The van der Waals surface area contributed by atoms with Crippen molar-refractivity contribution in [2.45, 2.75) is 53.2 Å². The van der Waals surface area contributed by atoms with Crippen LogP contribution in [-0.2, 0) is 17.9 Å². The highest BCUT2D eigenvalue weighted by molar-refractivity contribution is 6.30. The Balaban J connectivity index is 1.70. The van der Waals surface area contributed by atoms with Gasteiger partial charge >= 0.3 is 12.0 Å². The van der Waals surface area contributed by atoms with Crippen molar-refractivity contribution in [1.82, 2.24) is 19.4 Å². The Labute approximate surface area is 213 Å². The van der Waals surface area contributed by atoms with Crippen LogP contribution in [-0.4, -0.2) is 59.9 Å². The molecule has 2 amide bonds. The molecule has 0 saturated heterocycles. The summed E-state index contributed by atoms with van der Waals surface area (Å²) < 4.78 is 2.10. The van der Waals surface area contributed by atoms with Gasteiger partial charge in [-0.25, -0.2) is 9.78 Å². The number of rotatable bonds is 7. The van der Waals surface area contributed by atoms with Crippen LogP contribution < -0.4 is 5.32 Å². The van der Waals surface area contributed by atoms with E-state index in [1.54, 1.807) is 31.2 Å². The maximum Gasteiger partial charge on any atom is 0.330 e. The van der Waals surface area contributed by atoms with Crippen molar-refractivity contribution in [3.8, 4) is 0 Å². The molecule has 0 fully saturated rings. The summed E-state index contributed by atoms with van der Waals surface area (Å²) in [5.74, 6) is -0.952. The molecule has 3 atom stereocenters. The quantitative estimate of drug-likeness (QED) is 0.438. The number of fused-ring (bicyclic) bond motifs is 1.